The monoisotopic (exact) mass is 466 g/mol. The first-order valence-corrected chi connectivity index (χ1v) is 10.8. The van der Waals surface area contributed by atoms with E-state index >= 15 is 0 Å². The Morgan fingerprint density at radius 1 is 1.20 bits per heavy atom. The molecule has 1 fully saturated rings. The van der Waals surface area contributed by atoms with Gasteiger partial charge in [-0.3, -0.25) is 4.79 Å². The molecule has 0 bridgehead atoms. The first-order chi connectivity index (χ1) is 13.6. The summed E-state index contributed by atoms with van der Waals surface area (Å²) in [7, 11) is 0. The van der Waals surface area contributed by atoms with Gasteiger partial charge in [0, 0.05) is 47.7 Å². The summed E-state index contributed by atoms with van der Waals surface area (Å²) in [6, 6.07) is 14.1. The van der Waals surface area contributed by atoms with Crippen LogP contribution in [0.1, 0.15) is 35.8 Å². The maximum absolute atomic E-state index is 12.9. The molecule has 4 rings (SSSR count). The maximum atomic E-state index is 12.9. The van der Waals surface area contributed by atoms with E-state index in [4.69, 9.17) is 5.73 Å². The third-order valence-corrected chi connectivity index (χ3v) is 6.46. The Kier molecular flexibility index (Phi) is 9.04. The van der Waals surface area contributed by atoms with Crippen LogP contribution in [0.25, 0.3) is 5.65 Å². The summed E-state index contributed by atoms with van der Waals surface area (Å²) in [6.45, 7) is 3.56. The number of halogens is 2. The van der Waals surface area contributed by atoms with E-state index in [2.05, 4.69) is 18.1 Å². The number of carbonyl (C=O) groups excluding carboxylic acids is 1. The van der Waals surface area contributed by atoms with Crippen molar-refractivity contribution in [2.24, 2.45) is 11.7 Å². The maximum Gasteiger partial charge on any atom is 0.254 e. The quantitative estimate of drug-likeness (QED) is 0.554. The van der Waals surface area contributed by atoms with E-state index < -0.39 is 0 Å². The molecule has 8 heteroatoms. The Morgan fingerprint density at radius 2 is 1.97 bits per heavy atom. The Bertz CT molecular complexity index is 930. The van der Waals surface area contributed by atoms with Crippen LogP contribution in [0.15, 0.2) is 59.8 Å². The standard InChI is InChI=1S/C22H26N4OS.2ClH/c1-16-9-11-26(19(12-16)13-23)22(27)17-5-7-20(8-6-17)28-15-18-14-25-10-3-2-4-21(25)24-18;;/h2-8,10,14,16,19H,9,11-13,15,23H2,1H3;2*1H. The van der Waals surface area contributed by atoms with Gasteiger partial charge in [-0.1, -0.05) is 13.0 Å². The van der Waals surface area contributed by atoms with Crippen LogP contribution in [-0.2, 0) is 5.75 Å². The predicted octanol–water partition coefficient (Wildman–Crippen LogP) is 4.67. The summed E-state index contributed by atoms with van der Waals surface area (Å²) in [5, 5.41) is 0. The third-order valence-electron chi connectivity index (χ3n) is 5.41. The van der Waals surface area contributed by atoms with Gasteiger partial charge in [-0.25, -0.2) is 4.98 Å². The zero-order chi connectivity index (χ0) is 19.5. The van der Waals surface area contributed by atoms with Gasteiger partial charge in [0.1, 0.15) is 5.65 Å². The molecule has 1 amide bonds. The molecule has 2 aromatic heterocycles. The molecule has 0 spiro atoms. The largest absolute Gasteiger partial charge is 0.334 e. The predicted molar refractivity (Wildman–Crippen MR) is 128 cm³/mol. The fraction of sp³-hybridized carbons (Fsp3) is 0.364. The molecule has 1 aromatic carbocycles. The van der Waals surface area contributed by atoms with Gasteiger partial charge in [-0.15, -0.1) is 36.6 Å². The van der Waals surface area contributed by atoms with Crippen LogP contribution < -0.4 is 5.73 Å². The van der Waals surface area contributed by atoms with E-state index in [1.54, 1.807) is 11.8 Å². The fourth-order valence-corrected chi connectivity index (χ4v) is 4.60. The molecule has 1 aliphatic rings. The second kappa shape index (κ2) is 11.0. The minimum atomic E-state index is 0. The fourth-order valence-electron chi connectivity index (χ4n) is 3.82. The van der Waals surface area contributed by atoms with E-state index in [9.17, 15) is 4.79 Å². The summed E-state index contributed by atoms with van der Waals surface area (Å²) in [5.41, 5.74) is 8.66. The highest BCUT2D eigenvalue weighted by Crippen LogP contribution is 2.26. The van der Waals surface area contributed by atoms with Gasteiger partial charge in [0.15, 0.2) is 0 Å². The first-order valence-electron chi connectivity index (χ1n) is 9.80. The van der Waals surface area contributed by atoms with Gasteiger partial charge in [0.05, 0.1) is 5.69 Å². The number of hydrogen-bond acceptors (Lipinski definition) is 4. The van der Waals surface area contributed by atoms with Crippen molar-refractivity contribution in [2.45, 2.75) is 36.5 Å². The Morgan fingerprint density at radius 3 is 2.67 bits per heavy atom. The zero-order valence-corrected chi connectivity index (χ0v) is 19.4. The minimum absolute atomic E-state index is 0. The summed E-state index contributed by atoms with van der Waals surface area (Å²) in [6.07, 6.45) is 6.11. The third kappa shape index (κ3) is 5.49. The smallest absolute Gasteiger partial charge is 0.254 e. The summed E-state index contributed by atoms with van der Waals surface area (Å²) in [5.74, 6) is 1.53. The van der Waals surface area contributed by atoms with Gasteiger partial charge >= 0.3 is 0 Å². The highest BCUT2D eigenvalue weighted by atomic mass is 35.5. The molecule has 2 atom stereocenters. The summed E-state index contributed by atoms with van der Waals surface area (Å²) >= 11 is 1.73. The second-order valence-corrected chi connectivity index (χ2v) is 8.58. The molecular weight excluding hydrogens is 439 g/mol. The summed E-state index contributed by atoms with van der Waals surface area (Å²) < 4.78 is 2.03. The Labute approximate surface area is 194 Å². The Hall–Kier alpha value is -1.73. The number of nitrogens with two attached hydrogens (primary N) is 1. The highest BCUT2D eigenvalue weighted by Gasteiger charge is 2.29. The number of thioether (sulfide) groups is 1. The zero-order valence-electron chi connectivity index (χ0n) is 16.9. The van der Waals surface area contributed by atoms with Crippen molar-refractivity contribution in [1.29, 1.82) is 0 Å². The number of nitrogens with zero attached hydrogens (tertiary/aromatic N) is 3. The molecule has 2 unspecified atom stereocenters. The molecule has 30 heavy (non-hydrogen) atoms. The number of hydrogen-bond donors (Lipinski definition) is 1. The van der Waals surface area contributed by atoms with Gasteiger partial charge in [0.2, 0.25) is 0 Å². The van der Waals surface area contributed by atoms with Crippen LogP contribution in [0.5, 0.6) is 0 Å². The molecule has 3 heterocycles. The normalized spacial score (nSPS) is 18.5. The molecular formula is C22H28Cl2N4OS. The number of carbonyl (C=O) groups is 1. The molecule has 162 valence electrons. The minimum Gasteiger partial charge on any atom is -0.334 e. The van der Waals surface area contributed by atoms with E-state index in [1.165, 1.54) is 0 Å². The van der Waals surface area contributed by atoms with Crippen molar-refractivity contribution >= 4 is 48.1 Å². The van der Waals surface area contributed by atoms with Crippen molar-refractivity contribution in [3.8, 4) is 0 Å². The van der Waals surface area contributed by atoms with E-state index in [1.807, 2.05) is 58.0 Å². The summed E-state index contributed by atoms with van der Waals surface area (Å²) in [4.78, 5) is 20.6. The topological polar surface area (TPSA) is 63.6 Å². The number of rotatable bonds is 5. The lowest BCUT2D eigenvalue weighted by Gasteiger charge is -2.38. The van der Waals surface area contributed by atoms with E-state index in [-0.39, 0.29) is 36.8 Å². The SMILES string of the molecule is CC1CCN(C(=O)c2ccc(SCc3cn4ccccc4n3)cc2)C(CN)C1.Cl.Cl. The molecule has 2 N–H and O–H groups in total. The van der Waals surface area contributed by atoms with Crippen LogP contribution in [-0.4, -0.2) is 39.3 Å². The van der Waals surface area contributed by atoms with Crippen LogP contribution in [0.3, 0.4) is 0 Å². The molecule has 3 aromatic rings. The molecule has 5 nitrogen and oxygen atoms in total. The first kappa shape index (κ1) is 24.5. The highest BCUT2D eigenvalue weighted by molar-refractivity contribution is 7.98. The van der Waals surface area contributed by atoms with Crippen LogP contribution in [0.4, 0.5) is 0 Å². The lowest BCUT2D eigenvalue weighted by molar-refractivity contribution is 0.0573. The van der Waals surface area contributed by atoms with E-state index in [0.717, 1.165) is 46.9 Å². The average Bonchev–Trinajstić information content (AvgIpc) is 3.15. The number of amides is 1. The van der Waals surface area contributed by atoms with Crippen molar-refractivity contribution in [1.82, 2.24) is 14.3 Å². The number of fused-ring (bicyclic) bond motifs is 1. The number of pyridine rings is 1. The molecule has 1 saturated heterocycles. The van der Waals surface area contributed by atoms with Crippen LogP contribution in [0.2, 0.25) is 0 Å². The second-order valence-electron chi connectivity index (χ2n) is 7.53. The average molecular weight is 467 g/mol. The van der Waals surface area contributed by atoms with Crippen molar-refractivity contribution in [3.63, 3.8) is 0 Å². The van der Waals surface area contributed by atoms with Crippen LogP contribution >= 0.6 is 36.6 Å². The van der Waals surface area contributed by atoms with Crippen molar-refractivity contribution in [2.75, 3.05) is 13.1 Å². The van der Waals surface area contributed by atoms with Gasteiger partial charge in [0.25, 0.3) is 5.91 Å². The molecule has 1 aliphatic heterocycles. The van der Waals surface area contributed by atoms with Gasteiger partial charge < -0.3 is 15.0 Å². The van der Waals surface area contributed by atoms with Gasteiger partial charge in [-0.2, -0.15) is 0 Å². The molecule has 0 radical (unpaired) electrons. The van der Waals surface area contributed by atoms with Crippen molar-refractivity contribution < 1.29 is 4.79 Å². The number of benzene rings is 1. The molecule has 0 aliphatic carbocycles. The number of likely N-dealkylation sites (tertiary alicyclic amines) is 1. The van der Waals surface area contributed by atoms with Gasteiger partial charge in [-0.05, 0) is 55.2 Å². The lowest BCUT2D eigenvalue weighted by atomic mass is 9.92. The number of aromatic nitrogens is 2. The number of imidazole rings is 1. The Balaban J connectivity index is 0.00000160. The van der Waals surface area contributed by atoms with E-state index in [0.29, 0.717) is 12.5 Å². The van der Waals surface area contributed by atoms with Crippen LogP contribution in [0, 0.1) is 5.92 Å². The van der Waals surface area contributed by atoms with Crippen molar-refractivity contribution in [3.05, 3.63) is 66.1 Å². The molecule has 0 saturated carbocycles. The number of piperidine rings is 1. The lowest BCUT2D eigenvalue weighted by Crippen LogP contribution is -2.49.